The van der Waals surface area contributed by atoms with E-state index < -0.39 is 27.8 Å². The normalized spacial score (nSPS) is 12.5. The Kier molecular flexibility index (Phi) is 5.99. The van der Waals surface area contributed by atoms with Crippen molar-refractivity contribution >= 4 is 33.2 Å². The van der Waals surface area contributed by atoms with Gasteiger partial charge >= 0.3 is 0 Å². The van der Waals surface area contributed by atoms with Gasteiger partial charge in [-0.3, -0.25) is 4.79 Å². The van der Waals surface area contributed by atoms with Crippen molar-refractivity contribution in [2.24, 2.45) is 0 Å². The van der Waals surface area contributed by atoms with Crippen LogP contribution in [0.25, 0.3) is 0 Å². The quantitative estimate of drug-likeness (QED) is 0.799. The third kappa shape index (κ3) is 4.68. The average molecular weight is 387 g/mol. The second-order valence-corrected chi connectivity index (χ2v) is 7.23. The summed E-state index contributed by atoms with van der Waals surface area (Å²) in [7, 11) is -2.59. The van der Waals surface area contributed by atoms with Gasteiger partial charge in [0.25, 0.3) is 0 Å². The molecule has 0 spiro atoms. The van der Waals surface area contributed by atoms with Gasteiger partial charge in [-0.2, -0.15) is 4.72 Å². The lowest BCUT2D eigenvalue weighted by Crippen LogP contribution is -2.41. The predicted octanol–water partition coefficient (Wildman–Crippen LogP) is 2.79. The van der Waals surface area contributed by atoms with E-state index in [2.05, 4.69) is 10.0 Å². The monoisotopic (exact) mass is 386 g/mol. The van der Waals surface area contributed by atoms with Crippen molar-refractivity contribution in [3.8, 4) is 5.75 Å². The Morgan fingerprint density at radius 2 is 1.92 bits per heavy atom. The fourth-order valence-corrected chi connectivity index (χ4v) is 3.52. The molecule has 0 heterocycles. The van der Waals surface area contributed by atoms with Gasteiger partial charge in [-0.1, -0.05) is 23.7 Å². The molecule has 0 saturated heterocycles. The first-order valence-electron chi connectivity index (χ1n) is 7.16. The maximum Gasteiger partial charge on any atom is 0.242 e. The van der Waals surface area contributed by atoms with Crippen LogP contribution in [-0.2, 0) is 14.8 Å². The number of hydrogen-bond donors (Lipinski definition) is 2. The van der Waals surface area contributed by atoms with E-state index in [1.165, 1.54) is 50.4 Å². The molecule has 134 valence electrons. The Morgan fingerprint density at radius 1 is 1.24 bits per heavy atom. The largest absolute Gasteiger partial charge is 0.495 e. The van der Waals surface area contributed by atoms with Gasteiger partial charge in [0.2, 0.25) is 15.9 Å². The van der Waals surface area contributed by atoms with Crippen molar-refractivity contribution in [2.45, 2.75) is 17.9 Å². The fraction of sp³-hybridized carbons (Fsp3) is 0.188. The number of rotatable bonds is 6. The third-order valence-corrected chi connectivity index (χ3v) is 5.12. The molecule has 0 bridgehead atoms. The van der Waals surface area contributed by atoms with E-state index in [-0.39, 0.29) is 15.6 Å². The zero-order chi connectivity index (χ0) is 18.6. The van der Waals surface area contributed by atoms with Gasteiger partial charge in [0.1, 0.15) is 11.6 Å². The predicted molar refractivity (Wildman–Crippen MR) is 92.8 cm³/mol. The number of halogens is 2. The van der Waals surface area contributed by atoms with E-state index in [1.807, 2.05) is 0 Å². The number of carbonyl (C=O) groups excluding carboxylic acids is 1. The van der Waals surface area contributed by atoms with Crippen molar-refractivity contribution in [1.29, 1.82) is 0 Å². The number of anilines is 1. The second-order valence-electron chi connectivity index (χ2n) is 5.11. The number of methoxy groups -OCH3 is 1. The first-order chi connectivity index (χ1) is 11.7. The third-order valence-electron chi connectivity index (χ3n) is 3.29. The highest BCUT2D eigenvalue weighted by Crippen LogP contribution is 2.27. The Labute approximate surface area is 150 Å². The van der Waals surface area contributed by atoms with Crippen molar-refractivity contribution in [2.75, 3.05) is 12.4 Å². The molecule has 0 aromatic heterocycles. The summed E-state index contributed by atoms with van der Waals surface area (Å²) in [5.74, 6) is -0.993. The van der Waals surface area contributed by atoms with Crippen LogP contribution in [0, 0.1) is 5.82 Å². The van der Waals surface area contributed by atoms with Crippen LogP contribution in [0.4, 0.5) is 10.1 Å². The van der Waals surface area contributed by atoms with Gasteiger partial charge in [-0.05, 0) is 37.3 Å². The Hall–Kier alpha value is -2.16. The fourth-order valence-electron chi connectivity index (χ4n) is 1.97. The number of sulfonamides is 1. The Bertz CT molecular complexity index is 889. The van der Waals surface area contributed by atoms with Gasteiger partial charge in [0.05, 0.1) is 28.8 Å². The number of carbonyl (C=O) groups is 1. The number of hydrogen-bond acceptors (Lipinski definition) is 4. The molecule has 25 heavy (non-hydrogen) atoms. The van der Waals surface area contributed by atoms with Crippen molar-refractivity contribution in [3.63, 3.8) is 0 Å². The standard InChI is InChI=1S/C16H16ClFN2O4S/c1-10(16(21)19-14-6-4-3-5-13(14)18)20-25(22,23)11-7-8-15(24-2)12(17)9-11/h3-10,20H,1-2H3,(H,19,21)/t10-/m0/s1. The first kappa shape index (κ1) is 19.2. The molecule has 1 atom stereocenters. The maximum absolute atomic E-state index is 13.6. The first-order valence-corrected chi connectivity index (χ1v) is 9.02. The minimum absolute atomic E-state index is 0.0361. The lowest BCUT2D eigenvalue weighted by Gasteiger charge is -2.15. The number of benzene rings is 2. The molecule has 2 rings (SSSR count). The molecule has 6 nitrogen and oxygen atoms in total. The van der Waals surface area contributed by atoms with Crippen LogP contribution in [0.2, 0.25) is 5.02 Å². The van der Waals surface area contributed by atoms with Crippen LogP contribution in [0.3, 0.4) is 0 Å². The molecule has 0 aliphatic rings. The average Bonchev–Trinajstić information content (AvgIpc) is 2.56. The summed E-state index contributed by atoms with van der Waals surface area (Å²) in [6.07, 6.45) is 0. The molecule has 0 unspecified atom stereocenters. The van der Waals surface area contributed by atoms with Gasteiger partial charge in [-0.25, -0.2) is 12.8 Å². The van der Waals surface area contributed by atoms with Crippen molar-refractivity contribution in [3.05, 3.63) is 53.3 Å². The topological polar surface area (TPSA) is 84.5 Å². The summed E-state index contributed by atoms with van der Waals surface area (Å²) in [6, 6.07) is 8.36. The molecular formula is C16H16ClFN2O4S. The van der Waals surface area contributed by atoms with Gasteiger partial charge in [-0.15, -0.1) is 0 Å². The Morgan fingerprint density at radius 3 is 2.52 bits per heavy atom. The summed E-state index contributed by atoms with van der Waals surface area (Å²) in [4.78, 5) is 12.0. The molecule has 1 amide bonds. The van der Waals surface area contributed by atoms with Gasteiger partial charge in [0.15, 0.2) is 0 Å². The summed E-state index contributed by atoms with van der Waals surface area (Å²) < 4.78 is 45.4. The molecule has 0 saturated carbocycles. The van der Waals surface area contributed by atoms with E-state index in [0.717, 1.165) is 0 Å². The highest BCUT2D eigenvalue weighted by molar-refractivity contribution is 7.89. The zero-order valence-electron chi connectivity index (χ0n) is 13.4. The Balaban J connectivity index is 2.12. The summed E-state index contributed by atoms with van der Waals surface area (Å²) in [5, 5.41) is 2.45. The van der Waals surface area contributed by atoms with Crippen LogP contribution >= 0.6 is 11.6 Å². The number of amides is 1. The summed E-state index contributed by atoms with van der Waals surface area (Å²) in [6.45, 7) is 1.35. The molecule has 2 N–H and O–H groups in total. The lowest BCUT2D eigenvalue weighted by molar-refractivity contribution is -0.117. The van der Waals surface area contributed by atoms with Crippen LogP contribution in [-0.4, -0.2) is 27.5 Å². The highest BCUT2D eigenvalue weighted by Gasteiger charge is 2.23. The second kappa shape index (κ2) is 7.81. The zero-order valence-corrected chi connectivity index (χ0v) is 15.0. The van der Waals surface area contributed by atoms with Crippen LogP contribution in [0.15, 0.2) is 47.4 Å². The molecule has 0 aliphatic carbocycles. The number of para-hydroxylation sites is 1. The summed E-state index contributed by atoms with van der Waals surface area (Å²) >= 11 is 5.92. The van der Waals surface area contributed by atoms with E-state index in [0.29, 0.717) is 5.75 Å². The van der Waals surface area contributed by atoms with E-state index in [4.69, 9.17) is 16.3 Å². The molecule has 0 fully saturated rings. The molecular weight excluding hydrogens is 371 g/mol. The van der Waals surface area contributed by atoms with Crippen LogP contribution in [0.1, 0.15) is 6.92 Å². The minimum atomic E-state index is -4.00. The highest BCUT2D eigenvalue weighted by atomic mass is 35.5. The van der Waals surface area contributed by atoms with Crippen LogP contribution < -0.4 is 14.8 Å². The molecule has 9 heteroatoms. The van der Waals surface area contributed by atoms with Crippen LogP contribution in [0.5, 0.6) is 5.75 Å². The SMILES string of the molecule is COc1ccc(S(=O)(=O)N[C@@H](C)C(=O)Nc2ccccc2F)cc1Cl. The number of ether oxygens (including phenoxy) is 1. The maximum atomic E-state index is 13.6. The molecule has 2 aromatic rings. The molecule has 0 radical (unpaired) electrons. The smallest absolute Gasteiger partial charge is 0.242 e. The number of nitrogens with one attached hydrogen (secondary N) is 2. The van der Waals surface area contributed by atoms with Gasteiger partial charge < -0.3 is 10.1 Å². The van der Waals surface area contributed by atoms with E-state index in [1.54, 1.807) is 6.07 Å². The molecule has 0 aliphatic heterocycles. The lowest BCUT2D eigenvalue weighted by atomic mass is 10.2. The van der Waals surface area contributed by atoms with Crippen molar-refractivity contribution < 1.29 is 22.3 Å². The van der Waals surface area contributed by atoms with E-state index in [9.17, 15) is 17.6 Å². The van der Waals surface area contributed by atoms with Gasteiger partial charge in [0, 0.05) is 0 Å². The molecule has 2 aromatic carbocycles. The van der Waals surface area contributed by atoms with E-state index >= 15 is 0 Å². The van der Waals surface area contributed by atoms with Crippen molar-refractivity contribution in [1.82, 2.24) is 4.72 Å². The summed E-state index contributed by atoms with van der Waals surface area (Å²) in [5.41, 5.74) is -0.0361. The minimum Gasteiger partial charge on any atom is -0.495 e.